The summed E-state index contributed by atoms with van der Waals surface area (Å²) in [5, 5.41) is 0. The van der Waals surface area contributed by atoms with Gasteiger partial charge in [-0.15, -0.1) is 0 Å². The summed E-state index contributed by atoms with van der Waals surface area (Å²) in [6.07, 6.45) is 0. The highest BCUT2D eigenvalue weighted by Gasteiger charge is 2.04. The fourth-order valence-corrected chi connectivity index (χ4v) is 1.77. The first-order valence-electron chi connectivity index (χ1n) is 6.50. The van der Waals surface area contributed by atoms with E-state index in [2.05, 4.69) is 16.8 Å². The van der Waals surface area contributed by atoms with Gasteiger partial charge in [-0.05, 0) is 37.1 Å². The number of pyridine rings is 1. The Morgan fingerprint density at radius 3 is 2.57 bits per heavy atom. The third-order valence-electron chi connectivity index (χ3n) is 2.77. The van der Waals surface area contributed by atoms with Crippen LogP contribution in [0, 0.1) is 18.8 Å². The van der Waals surface area contributed by atoms with Gasteiger partial charge in [0.1, 0.15) is 18.1 Å². The maximum Gasteiger partial charge on any atom is 0.164 e. The number of aryl methyl sites for hydroxylation is 1. The summed E-state index contributed by atoms with van der Waals surface area (Å²) < 4.78 is 15.9. The summed E-state index contributed by atoms with van der Waals surface area (Å²) >= 11 is 0. The lowest BCUT2D eigenvalue weighted by molar-refractivity contribution is 0.341. The first kappa shape index (κ1) is 14.7. The zero-order chi connectivity index (χ0) is 15.1. The van der Waals surface area contributed by atoms with Crippen LogP contribution in [-0.2, 0) is 0 Å². The van der Waals surface area contributed by atoms with E-state index in [0.29, 0.717) is 17.2 Å². The second-order valence-corrected chi connectivity index (χ2v) is 4.27. The summed E-state index contributed by atoms with van der Waals surface area (Å²) in [5.74, 6) is 7.88. The molecule has 0 aliphatic rings. The number of nitrogens with zero attached hydrogens (tertiary/aromatic N) is 1. The molecule has 0 bridgehead atoms. The molecule has 0 amide bonds. The van der Waals surface area contributed by atoms with Crippen LogP contribution in [0.1, 0.15) is 11.4 Å². The number of hydrogen-bond acceptors (Lipinski definition) is 4. The monoisotopic (exact) mass is 283 g/mol. The molecule has 108 valence electrons. The maximum absolute atomic E-state index is 5.56. The van der Waals surface area contributed by atoms with Crippen LogP contribution in [0.2, 0.25) is 0 Å². The largest absolute Gasteiger partial charge is 0.493 e. The molecule has 0 aliphatic carbocycles. The van der Waals surface area contributed by atoms with Gasteiger partial charge in [0, 0.05) is 11.8 Å². The third-order valence-corrected chi connectivity index (χ3v) is 2.77. The number of ether oxygens (including phenoxy) is 3. The van der Waals surface area contributed by atoms with Crippen molar-refractivity contribution in [1.82, 2.24) is 4.98 Å². The van der Waals surface area contributed by atoms with Crippen molar-refractivity contribution >= 4 is 0 Å². The molecule has 0 spiro atoms. The van der Waals surface area contributed by atoms with Crippen LogP contribution in [0.3, 0.4) is 0 Å². The van der Waals surface area contributed by atoms with Gasteiger partial charge in [-0.1, -0.05) is 12.0 Å². The van der Waals surface area contributed by atoms with Crippen molar-refractivity contribution in [3.8, 4) is 29.1 Å². The quantitative estimate of drug-likeness (QED) is 0.809. The van der Waals surface area contributed by atoms with Crippen molar-refractivity contribution in [2.24, 2.45) is 0 Å². The molecule has 0 aliphatic heterocycles. The van der Waals surface area contributed by atoms with E-state index in [-0.39, 0.29) is 6.61 Å². The van der Waals surface area contributed by atoms with E-state index in [0.717, 1.165) is 11.4 Å². The lowest BCUT2D eigenvalue weighted by Gasteiger charge is -2.09. The molecule has 0 saturated carbocycles. The van der Waals surface area contributed by atoms with Crippen LogP contribution in [0.4, 0.5) is 0 Å². The molecule has 0 unspecified atom stereocenters. The molecule has 4 heteroatoms. The van der Waals surface area contributed by atoms with Gasteiger partial charge in [0.25, 0.3) is 0 Å². The van der Waals surface area contributed by atoms with E-state index >= 15 is 0 Å². The van der Waals surface area contributed by atoms with E-state index in [4.69, 9.17) is 14.2 Å². The SMILES string of the molecule is COc1ccc(OCC#Cc2cccc(C)n2)cc1OC. The molecule has 21 heavy (non-hydrogen) atoms. The Labute approximate surface area is 124 Å². The molecule has 0 fully saturated rings. The Balaban J connectivity index is 1.98. The highest BCUT2D eigenvalue weighted by molar-refractivity contribution is 5.45. The third kappa shape index (κ3) is 4.15. The molecule has 0 saturated heterocycles. The number of hydrogen-bond donors (Lipinski definition) is 0. The normalized spacial score (nSPS) is 9.48. The summed E-state index contributed by atoms with van der Waals surface area (Å²) in [4.78, 5) is 4.30. The van der Waals surface area contributed by atoms with Crippen molar-refractivity contribution in [3.05, 3.63) is 47.8 Å². The average Bonchev–Trinajstić information content (AvgIpc) is 2.51. The minimum Gasteiger partial charge on any atom is -0.493 e. The van der Waals surface area contributed by atoms with Gasteiger partial charge >= 0.3 is 0 Å². The van der Waals surface area contributed by atoms with Gasteiger partial charge in [-0.25, -0.2) is 4.98 Å². The molecule has 0 radical (unpaired) electrons. The lowest BCUT2D eigenvalue weighted by Crippen LogP contribution is -1.96. The van der Waals surface area contributed by atoms with Gasteiger partial charge in [-0.2, -0.15) is 0 Å². The minimum atomic E-state index is 0.283. The Morgan fingerprint density at radius 2 is 1.86 bits per heavy atom. The molecule has 0 N–H and O–H groups in total. The van der Waals surface area contributed by atoms with Gasteiger partial charge in [0.15, 0.2) is 11.5 Å². The summed E-state index contributed by atoms with van der Waals surface area (Å²) in [5.41, 5.74) is 1.69. The first-order chi connectivity index (χ1) is 10.2. The van der Waals surface area contributed by atoms with Crippen LogP contribution in [-0.4, -0.2) is 25.8 Å². The molecule has 1 aromatic heterocycles. The summed E-state index contributed by atoms with van der Waals surface area (Å²) in [6, 6.07) is 11.1. The van der Waals surface area contributed by atoms with Crippen molar-refractivity contribution in [2.45, 2.75) is 6.92 Å². The molecule has 2 aromatic rings. The van der Waals surface area contributed by atoms with Crippen molar-refractivity contribution < 1.29 is 14.2 Å². The fourth-order valence-electron chi connectivity index (χ4n) is 1.77. The molecule has 4 nitrogen and oxygen atoms in total. The van der Waals surface area contributed by atoms with Gasteiger partial charge in [-0.3, -0.25) is 0 Å². The van der Waals surface area contributed by atoms with E-state index in [1.807, 2.05) is 31.2 Å². The van der Waals surface area contributed by atoms with Crippen LogP contribution >= 0.6 is 0 Å². The Bertz CT molecular complexity index is 671. The molecular formula is C17H17NO3. The second kappa shape index (κ2) is 7.20. The maximum atomic E-state index is 5.56. The number of benzene rings is 1. The van der Waals surface area contributed by atoms with E-state index in [1.54, 1.807) is 26.4 Å². The molecule has 2 rings (SSSR count). The Hall–Kier alpha value is -2.67. The Kier molecular flexibility index (Phi) is 5.05. The lowest BCUT2D eigenvalue weighted by atomic mass is 10.3. The van der Waals surface area contributed by atoms with E-state index in [1.165, 1.54) is 0 Å². The zero-order valence-corrected chi connectivity index (χ0v) is 12.3. The van der Waals surface area contributed by atoms with Gasteiger partial charge in [0.05, 0.1) is 14.2 Å². The topological polar surface area (TPSA) is 40.6 Å². The minimum absolute atomic E-state index is 0.283. The number of aromatic nitrogens is 1. The fraction of sp³-hybridized carbons (Fsp3) is 0.235. The van der Waals surface area contributed by atoms with E-state index in [9.17, 15) is 0 Å². The van der Waals surface area contributed by atoms with Gasteiger partial charge in [0.2, 0.25) is 0 Å². The zero-order valence-electron chi connectivity index (χ0n) is 12.3. The summed E-state index contributed by atoms with van der Waals surface area (Å²) in [6.45, 7) is 2.22. The highest BCUT2D eigenvalue weighted by atomic mass is 16.5. The van der Waals surface area contributed by atoms with Crippen LogP contribution in [0.15, 0.2) is 36.4 Å². The van der Waals surface area contributed by atoms with Crippen LogP contribution in [0.5, 0.6) is 17.2 Å². The average molecular weight is 283 g/mol. The number of methoxy groups -OCH3 is 2. The van der Waals surface area contributed by atoms with Crippen molar-refractivity contribution in [3.63, 3.8) is 0 Å². The molecule has 1 heterocycles. The van der Waals surface area contributed by atoms with Crippen LogP contribution < -0.4 is 14.2 Å². The molecule has 1 aromatic carbocycles. The predicted octanol–water partition coefficient (Wildman–Crippen LogP) is 2.84. The Morgan fingerprint density at radius 1 is 1.05 bits per heavy atom. The van der Waals surface area contributed by atoms with Crippen molar-refractivity contribution in [2.75, 3.05) is 20.8 Å². The number of rotatable bonds is 4. The second-order valence-electron chi connectivity index (χ2n) is 4.27. The van der Waals surface area contributed by atoms with Gasteiger partial charge < -0.3 is 14.2 Å². The van der Waals surface area contributed by atoms with E-state index < -0.39 is 0 Å². The first-order valence-corrected chi connectivity index (χ1v) is 6.50. The standard InChI is InChI=1S/C17H17NO3/c1-13-6-4-7-14(18-13)8-5-11-21-15-9-10-16(19-2)17(12-15)20-3/h4,6-7,9-10,12H,11H2,1-3H3. The smallest absolute Gasteiger partial charge is 0.164 e. The van der Waals surface area contributed by atoms with Crippen LogP contribution in [0.25, 0.3) is 0 Å². The molecule has 0 atom stereocenters. The molecular weight excluding hydrogens is 266 g/mol. The predicted molar refractivity (Wildman–Crippen MR) is 80.9 cm³/mol. The van der Waals surface area contributed by atoms with Crippen molar-refractivity contribution in [1.29, 1.82) is 0 Å². The highest BCUT2D eigenvalue weighted by Crippen LogP contribution is 2.30. The summed E-state index contributed by atoms with van der Waals surface area (Å²) in [7, 11) is 3.18.